The normalized spacial score (nSPS) is 19.3. The van der Waals surface area contributed by atoms with E-state index >= 15 is 0 Å². The Hall–Kier alpha value is -0.590. The maximum atomic E-state index is 8.47. The number of ether oxygens (including phenoxy) is 1. The standard InChI is InChI=1S/C8H14N2O/c9-4-3-8(1-2-8)7-11-6-5-10/h1-3,5-7,10H2. The van der Waals surface area contributed by atoms with Crippen LogP contribution in [0.2, 0.25) is 0 Å². The largest absolute Gasteiger partial charge is 0.380 e. The van der Waals surface area contributed by atoms with Crippen molar-refractivity contribution < 1.29 is 4.74 Å². The van der Waals surface area contributed by atoms with Crippen LogP contribution in [0, 0.1) is 16.7 Å². The van der Waals surface area contributed by atoms with Crippen molar-refractivity contribution in [2.45, 2.75) is 19.3 Å². The highest BCUT2D eigenvalue weighted by Crippen LogP contribution is 2.48. The Morgan fingerprint density at radius 3 is 2.73 bits per heavy atom. The highest BCUT2D eigenvalue weighted by Gasteiger charge is 2.42. The van der Waals surface area contributed by atoms with E-state index in [0.717, 1.165) is 19.4 Å². The van der Waals surface area contributed by atoms with Crippen LogP contribution in [0.4, 0.5) is 0 Å². The summed E-state index contributed by atoms with van der Waals surface area (Å²) in [5, 5.41) is 8.47. The molecular weight excluding hydrogens is 140 g/mol. The highest BCUT2D eigenvalue weighted by molar-refractivity contribution is 4.99. The molecule has 0 aliphatic heterocycles. The zero-order chi connectivity index (χ0) is 8.16. The van der Waals surface area contributed by atoms with E-state index in [-0.39, 0.29) is 5.41 Å². The Balaban J connectivity index is 2.10. The van der Waals surface area contributed by atoms with Crippen molar-refractivity contribution in [3.8, 4) is 6.07 Å². The first-order valence-electron chi connectivity index (χ1n) is 3.98. The second kappa shape index (κ2) is 3.70. The molecule has 0 atom stereocenters. The molecular formula is C8H14N2O. The van der Waals surface area contributed by atoms with Gasteiger partial charge in [-0.2, -0.15) is 5.26 Å². The molecule has 11 heavy (non-hydrogen) atoms. The van der Waals surface area contributed by atoms with Gasteiger partial charge in [0.15, 0.2) is 0 Å². The fourth-order valence-corrected chi connectivity index (χ4v) is 1.09. The quantitative estimate of drug-likeness (QED) is 0.592. The molecule has 1 rings (SSSR count). The predicted molar refractivity (Wildman–Crippen MR) is 41.8 cm³/mol. The lowest BCUT2D eigenvalue weighted by Gasteiger charge is -2.09. The molecule has 0 bridgehead atoms. The maximum absolute atomic E-state index is 8.47. The summed E-state index contributed by atoms with van der Waals surface area (Å²) in [6, 6.07) is 2.19. The Morgan fingerprint density at radius 1 is 1.55 bits per heavy atom. The maximum Gasteiger partial charge on any atom is 0.0628 e. The summed E-state index contributed by atoms with van der Waals surface area (Å²) in [5.74, 6) is 0. The van der Waals surface area contributed by atoms with Gasteiger partial charge in [-0.25, -0.2) is 0 Å². The van der Waals surface area contributed by atoms with Crippen LogP contribution in [0.15, 0.2) is 0 Å². The minimum Gasteiger partial charge on any atom is -0.380 e. The van der Waals surface area contributed by atoms with E-state index in [0.29, 0.717) is 19.6 Å². The molecule has 0 heterocycles. The number of rotatable bonds is 5. The van der Waals surface area contributed by atoms with Gasteiger partial charge in [0.2, 0.25) is 0 Å². The smallest absolute Gasteiger partial charge is 0.0628 e. The zero-order valence-electron chi connectivity index (χ0n) is 6.68. The predicted octanol–water partition coefficient (Wildman–Crippen LogP) is 0.656. The summed E-state index contributed by atoms with van der Waals surface area (Å²) in [6.07, 6.45) is 2.92. The van der Waals surface area contributed by atoms with E-state index in [4.69, 9.17) is 15.7 Å². The fourth-order valence-electron chi connectivity index (χ4n) is 1.09. The summed E-state index contributed by atoms with van der Waals surface area (Å²) < 4.78 is 5.29. The van der Waals surface area contributed by atoms with Crippen LogP contribution in [-0.2, 0) is 4.74 Å². The van der Waals surface area contributed by atoms with Crippen LogP contribution in [0.5, 0.6) is 0 Å². The summed E-state index contributed by atoms with van der Waals surface area (Å²) in [7, 11) is 0. The van der Waals surface area contributed by atoms with Crippen LogP contribution in [0.25, 0.3) is 0 Å². The second-order valence-electron chi connectivity index (χ2n) is 3.18. The van der Waals surface area contributed by atoms with Gasteiger partial charge in [-0.05, 0) is 12.8 Å². The van der Waals surface area contributed by atoms with Gasteiger partial charge in [-0.3, -0.25) is 0 Å². The van der Waals surface area contributed by atoms with E-state index in [1.165, 1.54) is 0 Å². The fraction of sp³-hybridized carbons (Fsp3) is 0.875. The summed E-state index contributed by atoms with van der Waals surface area (Å²) in [6.45, 7) is 1.91. The molecule has 2 N–H and O–H groups in total. The molecule has 0 amide bonds. The van der Waals surface area contributed by atoms with Crippen LogP contribution in [-0.4, -0.2) is 19.8 Å². The molecule has 1 aliphatic rings. The molecule has 3 nitrogen and oxygen atoms in total. The van der Waals surface area contributed by atoms with Gasteiger partial charge in [-0.1, -0.05) is 0 Å². The molecule has 1 fully saturated rings. The molecule has 62 valence electrons. The van der Waals surface area contributed by atoms with Gasteiger partial charge in [0.05, 0.1) is 19.3 Å². The lowest BCUT2D eigenvalue weighted by Crippen LogP contribution is -2.15. The molecule has 1 saturated carbocycles. The molecule has 3 heteroatoms. The van der Waals surface area contributed by atoms with Crippen molar-refractivity contribution in [1.82, 2.24) is 0 Å². The van der Waals surface area contributed by atoms with Crippen LogP contribution < -0.4 is 5.73 Å². The number of nitrogens with zero attached hydrogens (tertiary/aromatic N) is 1. The molecule has 0 saturated heterocycles. The van der Waals surface area contributed by atoms with Gasteiger partial charge in [0, 0.05) is 18.4 Å². The SMILES string of the molecule is N#CCC1(COCCN)CC1. The molecule has 0 aromatic rings. The van der Waals surface area contributed by atoms with E-state index in [2.05, 4.69) is 6.07 Å². The molecule has 0 radical (unpaired) electrons. The van der Waals surface area contributed by atoms with Crippen molar-refractivity contribution >= 4 is 0 Å². The van der Waals surface area contributed by atoms with Crippen LogP contribution in [0.1, 0.15) is 19.3 Å². The van der Waals surface area contributed by atoms with E-state index in [9.17, 15) is 0 Å². The Labute approximate surface area is 67.1 Å². The third kappa shape index (κ3) is 2.49. The number of nitriles is 1. The van der Waals surface area contributed by atoms with Crippen molar-refractivity contribution in [2.24, 2.45) is 11.1 Å². The molecule has 0 aromatic carbocycles. The Morgan fingerprint density at radius 2 is 2.27 bits per heavy atom. The van der Waals surface area contributed by atoms with E-state index in [1.54, 1.807) is 0 Å². The minimum atomic E-state index is 0.212. The van der Waals surface area contributed by atoms with Crippen molar-refractivity contribution in [2.75, 3.05) is 19.8 Å². The lowest BCUT2D eigenvalue weighted by atomic mass is 10.1. The zero-order valence-corrected chi connectivity index (χ0v) is 6.68. The minimum absolute atomic E-state index is 0.212. The molecule has 0 spiro atoms. The monoisotopic (exact) mass is 154 g/mol. The third-order valence-electron chi connectivity index (χ3n) is 2.08. The van der Waals surface area contributed by atoms with Gasteiger partial charge < -0.3 is 10.5 Å². The van der Waals surface area contributed by atoms with E-state index in [1.807, 2.05) is 0 Å². The van der Waals surface area contributed by atoms with Crippen molar-refractivity contribution in [3.63, 3.8) is 0 Å². The van der Waals surface area contributed by atoms with Crippen LogP contribution in [0.3, 0.4) is 0 Å². The second-order valence-corrected chi connectivity index (χ2v) is 3.18. The molecule has 1 aliphatic carbocycles. The number of hydrogen-bond donors (Lipinski definition) is 1. The average molecular weight is 154 g/mol. The van der Waals surface area contributed by atoms with Gasteiger partial charge in [-0.15, -0.1) is 0 Å². The van der Waals surface area contributed by atoms with Gasteiger partial charge >= 0.3 is 0 Å². The first kappa shape index (κ1) is 8.51. The van der Waals surface area contributed by atoms with Gasteiger partial charge in [0.1, 0.15) is 0 Å². The number of nitrogens with two attached hydrogens (primary N) is 1. The molecule has 0 aromatic heterocycles. The Kier molecular flexibility index (Phi) is 2.86. The summed E-state index contributed by atoms with van der Waals surface area (Å²) in [4.78, 5) is 0. The molecule has 0 unspecified atom stereocenters. The van der Waals surface area contributed by atoms with Crippen molar-refractivity contribution in [1.29, 1.82) is 5.26 Å². The van der Waals surface area contributed by atoms with Gasteiger partial charge in [0.25, 0.3) is 0 Å². The summed E-state index contributed by atoms with van der Waals surface area (Å²) >= 11 is 0. The van der Waals surface area contributed by atoms with Crippen molar-refractivity contribution in [3.05, 3.63) is 0 Å². The highest BCUT2D eigenvalue weighted by atomic mass is 16.5. The summed E-state index contributed by atoms with van der Waals surface area (Å²) in [5.41, 5.74) is 5.47. The Bertz CT molecular complexity index is 158. The lowest BCUT2D eigenvalue weighted by molar-refractivity contribution is 0.0976. The number of hydrogen-bond acceptors (Lipinski definition) is 3. The topological polar surface area (TPSA) is 59.0 Å². The first-order chi connectivity index (χ1) is 5.33. The first-order valence-corrected chi connectivity index (χ1v) is 3.98. The average Bonchev–Trinajstić information content (AvgIpc) is 2.71. The third-order valence-corrected chi connectivity index (χ3v) is 2.08. The van der Waals surface area contributed by atoms with Crippen LogP contribution >= 0.6 is 0 Å². The van der Waals surface area contributed by atoms with E-state index < -0.39 is 0 Å².